The lowest BCUT2D eigenvalue weighted by molar-refractivity contribution is -0.121. The third-order valence-electron chi connectivity index (χ3n) is 4.22. The van der Waals surface area contributed by atoms with Gasteiger partial charge in [-0.05, 0) is 32.6 Å². The van der Waals surface area contributed by atoms with E-state index >= 15 is 0 Å². The molecule has 0 atom stereocenters. The van der Waals surface area contributed by atoms with Crippen molar-refractivity contribution < 1.29 is 33.5 Å². The molecule has 5 amide bonds. The number of Topliss-reactive ketones (excluding diaryl/α,β-unsaturated/α-hetero) is 1. The molecule has 0 spiro atoms. The first-order valence-corrected chi connectivity index (χ1v) is 14.6. The van der Waals surface area contributed by atoms with Gasteiger partial charge < -0.3 is 31.3 Å². The van der Waals surface area contributed by atoms with E-state index in [1.54, 1.807) is 6.92 Å². The van der Waals surface area contributed by atoms with Crippen LogP contribution in [0, 0.1) is 0 Å². The normalized spacial score (nSPS) is 8.63. The predicted octanol–water partition coefficient (Wildman–Crippen LogP) is 3.62. The third-order valence-corrected chi connectivity index (χ3v) is 4.22. The fraction of sp³-hybridized carbons (Fsp3) is 0.793. The van der Waals surface area contributed by atoms with Crippen molar-refractivity contribution in [3.05, 3.63) is 0 Å². The summed E-state index contributed by atoms with van der Waals surface area (Å²) in [7, 11) is 1.53. The quantitative estimate of drug-likeness (QED) is 0.192. The Labute approximate surface area is 249 Å². The van der Waals surface area contributed by atoms with Crippen LogP contribution in [-0.2, 0) is 28.7 Å². The van der Waals surface area contributed by atoms with Crippen LogP contribution < -0.4 is 26.6 Å². The molecule has 0 aliphatic heterocycles. The van der Waals surface area contributed by atoms with Gasteiger partial charge in [0.2, 0.25) is 23.6 Å². The van der Waals surface area contributed by atoms with Crippen LogP contribution in [0.5, 0.6) is 0 Å². The molecule has 0 aliphatic carbocycles. The Morgan fingerprint density at radius 1 is 0.512 bits per heavy atom. The smallest absolute Gasteiger partial charge is 0.406 e. The molecule has 0 saturated heterocycles. The highest BCUT2D eigenvalue weighted by molar-refractivity contribution is 5.79. The number of carbonyl (C=O) groups is 6. The van der Waals surface area contributed by atoms with Crippen molar-refractivity contribution in [2.24, 2.45) is 0 Å². The van der Waals surface area contributed by atoms with Gasteiger partial charge in [-0.1, -0.05) is 40.5 Å². The van der Waals surface area contributed by atoms with Crippen molar-refractivity contribution in [2.45, 2.75) is 114 Å². The number of ketones is 1. The second-order valence-electron chi connectivity index (χ2n) is 8.65. The maximum atomic E-state index is 10.9. The van der Waals surface area contributed by atoms with Gasteiger partial charge in [0, 0.05) is 73.8 Å². The van der Waals surface area contributed by atoms with E-state index in [-0.39, 0.29) is 35.5 Å². The maximum Gasteiger partial charge on any atom is 0.406 e. The van der Waals surface area contributed by atoms with Gasteiger partial charge in [0.05, 0.1) is 6.61 Å². The highest BCUT2D eigenvalue weighted by atomic mass is 16.5. The van der Waals surface area contributed by atoms with Gasteiger partial charge in [0.1, 0.15) is 5.78 Å². The van der Waals surface area contributed by atoms with Crippen LogP contribution in [0.1, 0.15) is 114 Å². The van der Waals surface area contributed by atoms with Crippen LogP contribution >= 0.6 is 0 Å². The Morgan fingerprint density at radius 2 is 0.902 bits per heavy atom. The molecule has 0 unspecified atom stereocenters. The molecule has 0 bridgehead atoms. The average molecular weight is 592 g/mol. The average Bonchev–Trinajstić information content (AvgIpc) is 2.89. The van der Waals surface area contributed by atoms with Crippen molar-refractivity contribution in [3.8, 4) is 0 Å². The molecule has 0 aromatic heterocycles. The van der Waals surface area contributed by atoms with Crippen molar-refractivity contribution in [1.82, 2.24) is 26.6 Å². The fourth-order valence-corrected chi connectivity index (χ4v) is 2.17. The molecule has 0 fully saturated rings. The topological polar surface area (TPSA) is 172 Å². The van der Waals surface area contributed by atoms with Crippen molar-refractivity contribution >= 4 is 35.5 Å². The number of carbonyl (C=O) groups excluding carboxylic acids is 6. The molecule has 0 aromatic carbocycles. The minimum Gasteiger partial charge on any atom is -0.450 e. The summed E-state index contributed by atoms with van der Waals surface area (Å²) in [5, 5.41) is 13.0. The molecule has 0 aromatic rings. The number of alkyl carbamates (subject to hydrolysis) is 1. The summed E-state index contributed by atoms with van der Waals surface area (Å²) in [6.45, 7) is 19.4. The van der Waals surface area contributed by atoms with Crippen LogP contribution in [0.3, 0.4) is 0 Å². The lowest BCUT2D eigenvalue weighted by atomic mass is 10.2. The summed E-state index contributed by atoms with van der Waals surface area (Å²) >= 11 is 0. The number of rotatable bonds is 14. The molecule has 244 valence electrons. The first kappa shape index (κ1) is 47.6. The first-order valence-electron chi connectivity index (χ1n) is 14.6. The van der Waals surface area contributed by atoms with E-state index in [2.05, 4.69) is 45.2 Å². The monoisotopic (exact) mass is 591 g/mol. The summed E-state index contributed by atoms with van der Waals surface area (Å²) in [6.07, 6.45) is 7.06. The first-order chi connectivity index (χ1) is 19.3. The van der Waals surface area contributed by atoms with Gasteiger partial charge in [0.15, 0.2) is 0 Å². The number of unbranched alkanes of at least 4 members (excludes halogenated alkanes) is 2. The van der Waals surface area contributed by atoms with Crippen molar-refractivity contribution in [3.63, 3.8) is 0 Å². The Hall–Kier alpha value is -3.18. The summed E-state index contributed by atoms with van der Waals surface area (Å²) < 4.78 is 4.44. The third kappa shape index (κ3) is 72.5. The SMILES string of the molecule is CCCC(=O)CCNC(C)=O.CCCCNC(C)=O.CCCCNC(C)=O.CCCNC(C)=O.CCOC(=O)NC. The van der Waals surface area contributed by atoms with E-state index in [1.165, 1.54) is 34.7 Å². The number of amides is 5. The van der Waals surface area contributed by atoms with Gasteiger partial charge in [-0.2, -0.15) is 0 Å². The largest absolute Gasteiger partial charge is 0.450 e. The maximum absolute atomic E-state index is 10.9. The molecule has 5 N–H and O–H groups in total. The standard InChI is InChI=1S/C8H15NO2.2C6H13NO.C5H11NO.C4H9NO2/c1-3-4-8(11)5-6-9-7(2)10;2*1-3-4-5-7-6(2)8;1-3-4-6-5(2)7;1-3-7-4(6)5-2/h3-6H2,1-2H3,(H,9,10);2*3-5H2,1-2H3,(H,7,8);3-4H2,1-2H3,(H,6,7);3H2,1-2H3,(H,5,6). The zero-order valence-electron chi connectivity index (χ0n) is 27.6. The summed E-state index contributed by atoms with van der Waals surface area (Å²) in [6, 6.07) is 0. The lowest BCUT2D eigenvalue weighted by Crippen LogP contribution is -2.22. The molecule has 0 rings (SSSR count). The molecule has 12 heteroatoms. The van der Waals surface area contributed by atoms with Crippen LogP contribution in [0.2, 0.25) is 0 Å². The van der Waals surface area contributed by atoms with Crippen LogP contribution in [0.25, 0.3) is 0 Å². The van der Waals surface area contributed by atoms with Crippen LogP contribution in [0.15, 0.2) is 0 Å². The minimum absolute atomic E-state index is 0.0573. The fourth-order valence-electron chi connectivity index (χ4n) is 2.17. The highest BCUT2D eigenvalue weighted by Gasteiger charge is 1.99. The highest BCUT2D eigenvalue weighted by Crippen LogP contribution is 1.92. The second-order valence-corrected chi connectivity index (χ2v) is 8.65. The van der Waals surface area contributed by atoms with E-state index in [1.807, 2.05) is 13.8 Å². The predicted molar refractivity (Wildman–Crippen MR) is 165 cm³/mol. The van der Waals surface area contributed by atoms with E-state index in [4.69, 9.17) is 0 Å². The van der Waals surface area contributed by atoms with E-state index in [9.17, 15) is 28.8 Å². The van der Waals surface area contributed by atoms with Gasteiger partial charge in [-0.3, -0.25) is 24.0 Å². The molecule has 12 nitrogen and oxygen atoms in total. The number of hydrogen-bond donors (Lipinski definition) is 5. The Morgan fingerprint density at radius 3 is 1.15 bits per heavy atom. The molecule has 41 heavy (non-hydrogen) atoms. The zero-order chi connectivity index (χ0) is 32.9. The summed E-state index contributed by atoms with van der Waals surface area (Å²) in [4.78, 5) is 61.8. The number of hydrogen-bond acceptors (Lipinski definition) is 7. The van der Waals surface area contributed by atoms with Crippen LogP contribution in [0.4, 0.5) is 4.79 Å². The molecule has 0 saturated carbocycles. The van der Waals surface area contributed by atoms with Gasteiger partial charge >= 0.3 is 6.09 Å². The van der Waals surface area contributed by atoms with E-state index in [0.29, 0.717) is 26.0 Å². The summed E-state index contributed by atoms with van der Waals surface area (Å²) in [5.74, 6) is 0.342. The van der Waals surface area contributed by atoms with Crippen LogP contribution in [-0.4, -0.2) is 75.3 Å². The number of nitrogens with one attached hydrogen (secondary N) is 5. The Balaban J connectivity index is -0.000000133. The lowest BCUT2D eigenvalue weighted by Gasteiger charge is -1.99. The van der Waals surface area contributed by atoms with E-state index < -0.39 is 0 Å². The molecule has 0 aliphatic rings. The molecular formula is C29H61N5O7. The van der Waals surface area contributed by atoms with Crippen molar-refractivity contribution in [2.75, 3.05) is 39.8 Å². The van der Waals surface area contributed by atoms with E-state index in [0.717, 1.165) is 58.2 Å². The summed E-state index contributed by atoms with van der Waals surface area (Å²) in [5.41, 5.74) is 0. The van der Waals surface area contributed by atoms with Gasteiger partial charge in [-0.25, -0.2) is 4.79 Å². The second kappa shape index (κ2) is 41.3. The zero-order valence-corrected chi connectivity index (χ0v) is 27.6. The Bertz CT molecular complexity index is 639. The minimum atomic E-state index is -0.373. The van der Waals surface area contributed by atoms with Gasteiger partial charge in [0.25, 0.3) is 0 Å². The molecule has 0 heterocycles. The Kier molecular flexibility index (Phi) is 48.0. The number of ether oxygens (including phenoxy) is 1. The molecule has 0 radical (unpaired) electrons. The molecular weight excluding hydrogens is 530 g/mol. The van der Waals surface area contributed by atoms with Gasteiger partial charge in [-0.15, -0.1) is 0 Å². The van der Waals surface area contributed by atoms with Crippen molar-refractivity contribution in [1.29, 1.82) is 0 Å².